The number of halogens is 6. The van der Waals surface area contributed by atoms with E-state index in [4.69, 9.17) is 4.74 Å². The lowest BCUT2D eigenvalue weighted by Gasteiger charge is -2.53. The van der Waals surface area contributed by atoms with E-state index < -0.39 is 35.7 Å². The van der Waals surface area contributed by atoms with Gasteiger partial charge in [0.05, 0.1) is 6.10 Å². The second-order valence-corrected chi connectivity index (χ2v) is 17.5. The maximum atomic E-state index is 13.0. The SMILES string of the molecule is CN1CCN(C(=O)Oc2ccc3c(c2)C[C@@H](CCCCCCCCCS(=O)CCCC(F)(F)C(F)(F)F)[C@@H]2[C@@H]3CC[C@]3(C)[C@@H](O)CC[C@@H]23)CC1.Cl. The lowest BCUT2D eigenvalue weighted by atomic mass is 9.52. The zero-order valence-electron chi connectivity index (χ0n) is 30.2. The number of benzene rings is 1. The molecule has 4 aliphatic rings. The van der Waals surface area contributed by atoms with Crippen LogP contribution < -0.4 is 4.74 Å². The fraction of sp³-hybridized carbons (Fsp3) is 0.816. The van der Waals surface area contributed by atoms with Crippen molar-refractivity contribution in [1.82, 2.24) is 9.80 Å². The Morgan fingerprint density at radius 3 is 2.27 bits per heavy atom. The first-order valence-electron chi connectivity index (χ1n) is 19.0. The fourth-order valence-corrected chi connectivity index (χ4v) is 10.7. The molecule has 5 rings (SSSR count). The average molecular weight is 769 g/mol. The molecule has 1 aromatic rings. The van der Waals surface area contributed by atoms with Gasteiger partial charge in [0.1, 0.15) is 5.75 Å². The Hall–Kier alpha value is -1.50. The van der Waals surface area contributed by atoms with Gasteiger partial charge in [-0.25, -0.2) is 4.79 Å². The Morgan fingerprint density at radius 1 is 0.941 bits per heavy atom. The fourth-order valence-electron chi connectivity index (χ4n) is 9.49. The first-order chi connectivity index (χ1) is 23.7. The molecule has 51 heavy (non-hydrogen) atoms. The third kappa shape index (κ3) is 10.4. The highest BCUT2D eigenvalue weighted by Crippen LogP contribution is 2.62. The van der Waals surface area contributed by atoms with Gasteiger partial charge >= 0.3 is 18.2 Å². The maximum absolute atomic E-state index is 13.0. The van der Waals surface area contributed by atoms with Crippen molar-refractivity contribution in [2.24, 2.45) is 23.2 Å². The molecule has 0 bridgehead atoms. The van der Waals surface area contributed by atoms with Gasteiger partial charge in [0.15, 0.2) is 0 Å². The van der Waals surface area contributed by atoms with Gasteiger partial charge in [0.25, 0.3) is 0 Å². The molecule has 1 aliphatic heterocycles. The van der Waals surface area contributed by atoms with Gasteiger partial charge in [-0.05, 0) is 111 Å². The lowest BCUT2D eigenvalue weighted by Crippen LogP contribution is -2.48. The smallest absolute Gasteiger partial charge is 0.410 e. The van der Waals surface area contributed by atoms with E-state index in [-0.39, 0.29) is 35.8 Å². The Labute approximate surface area is 309 Å². The normalized spacial score (nSPS) is 28.7. The first-order valence-corrected chi connectivity index (χ1v) is 20.4. The van der Waals surface area contributed by atoms with Crippen LogP contribution in [0.25, 0.3) is 0 Å². The summed E-state index contributed by atoms with van der Waals surface area (Å²) in [4.78, 5) is 16.9. The number of rotatable bonds is 15. The summed E-state index contributed by atoms with van der Waals surface area (Å²) in [6, 6.07) is 6.28. The molecular weight excluding hydrogens is 711 g/mol. The summed E-state index contributed by atoms with van der Waals surface area (Å²) in [5, 5.41) is 11.0. The van der Waals surface area contributed by atoms with E-state index in [1.54, 1.807) is 4.90 Å². The second-order valence-electron chi connectivity index (χ2n) is 15.8. The second kappa shape index (κ2) is 18.2. The van der Waals surface area contributed by atoms with Crippen molar-refractivity contribution < 1.29 is 40.8 Å². The van der Waals surface area contributed by atoms with Gasteiger partial charge in [0.2, 0.25) is 0 Å². The minimum atomic E-state index is -5.55. The average Bonchev–Trinajstić information content (AvgIpc) is 3.37. The molecule has 13 heteroatoms. The molecule has 1 amide bonds. The van der Waals surface area contributed by atoms with Crippen molar-refractivity contribution in [2.75, 3.05) is 44.7 Å². The van der Waals surface area contributed by atoms with Gasteiger partial charge in [-0.1, -0.05) is 51.5 Å². The quantitative estimate of drug-likeness (QED) is 0.142. The van der Waals surface area contributed by atoms with Crippen LogP contribution >= 0.6 is 12.4 Å². The summed E-state index contributed by atoms with van der Waals surface area (Å²) in [6.07, 6.45) is 5.31. The number of hydrogen-bond acceptors (Lipinski definition) is 5. The summed E-state index contributed by atoms with van der Waals surface area (Å²) in [7, 11) is 0.685. The standard InChI is InChI=1S/C38H57F5N2O4S.ClH/c1-36-18-16-31-30-13-12-29(49-35(47)45-21-19-44(2)20-22-45)26-28(30)25-27(34(31)32(36)14-15-33(36)46)11-8-6-4-3-5-7-9-23-50(48)24-10-17-37(39,40)38(41,42)43;/h12-13,26-27,31-34,46H,3-11,14-25H2,1-2H3;1H/t27-,31-,32+,33+,34-,36+,50?;/m1./s1. The predicted octanol–water partition coefficient (Wildman–Crippen LogP) is 9.15. The van der Waals surface area contributed by atoms with Crippen LogP contribution in [0, 0.1) is 23.2 Å². The molecule has 1 unspecified atom stereocenters. The van der Waals surface area contributed by atoms with E-state index in [0.717, 1.165) is 90.1 Å². The van der Waals surface area contributed by atoms with Crippen molar-refractivity contribution in [3.63, 3.8) is 0 Å². The number of ether oxygens (including phenoxy) is 1. The molecule has 292 valence electrons. The molecule has 0 aromatic heterocycles. The molecule has 3 fully saturated rings. The van der Waals surface area contributed by atoms with Crippen LogP contribution in [0.4, 0.5) is 26.7 Å². The van der Waals surface area contributed by atoms with Crippen LogP contribution in [0.15, 0.2) is 18.2 Å². The van der Waals surface area contributed by atoms with Crippen molar-refractivity contribution in [3.8, 4) is 5.75 Å². The van der Waals surface area contributed by atoms with Crippen LogP contribution in [0.1, 0.15) is 114 Å². The molecule has 0 spiro atoms. The molecule has 6 nitrogen and oxygen atoms in total. The molecule has 1 N–H and O–H groups in total. The third-order valence-corrected chi connectivity index (χ3v) is 14.0. The molecule has 1 saturated heterocycles. The van der Waals surface area contributed by atoms with Crippen molar-refractivity contribution in [2.45, 2.75) is 127 Å². The zero-order chi connectivity index (χ0) is 36.1. The minimum Gasteiger partial charge on any atom is -0.410 e. The molecule has 7 atom stereocenters. The van der Waals surface area contributed by atoms with Crippen LogP contribution in [-0.2, 0) is 17.2 Å². The predicted molar refractivity (Wildman–Crippen MR) is 193 cm³/mol. The number of unbranched alkanes of at least 4 members (excludes halogenated alkanes) is 6. The van der Waals surface area contributed by atoms with Crippen LogP contribution in [0.2, 0.25) is 0 Å². The Balaban J connectivity index is 0.00000583. The van der Waals surface area contributed by atoms with Crippen molar-refractivity contribution in [3.05, 3.63) is 29.3 Å². The number of likely N-dealkylation sites (N-methyl/N-ethyl adjacent to an activating group) is 1. The summed E-state index contributed by atoms with van der Waals surface area (Å²) >= 11 is 0. The number of hydrogen-bond donors (Lipinski definition) is 1. The van der Waals surface area contributed by atoms with E-state index in [1.807, 2.05) is 6.07 Å². The number of amides is 1. The van der Waals surface area contributed by atoms with Crippen LogP contribution in [0.5, 0.6) is 5.75 Å². The largest absolute Gasteiger partial charge is 0.453 e. The van der Waals surface area contributed by atoms with E-state index in [9.17, 15) is 36.1 Å². The van der Waals surface area contributed by atoms with Gasteiger partial charge in [-0.3, -0.25) is 4.21 Å². The highest BCUT2D eigenvalue weighted by molar-refractivity contribution is 7.84. The maximum Gasteiger partial charge on any atom is 0.453 e. The van der Waals surface area contributed by atoms with E-state index >= 15 is 0 Å². The summed E-state index contributed by atoms with van der Waals surface area (Å²) in [5.74, 6) is -1.86. The number of carbonyl (C=O) groups is 1. The highest BCUT2D eigenvalue weighted by Gasteiger charge is 2.57. The van der Waals surface area contributed by atoms with E-state index in [1.165, 1.54) is 11.1 Å². The van der Waals surface area contributed by atoms with E-state index in [2.05, 4.69) is 31.0 Å². The Kier molecular flexibility index (Phi) is 15.1. The number of fused-ring (bicyclic) bond motifs is 5. The van der Waals surface area contributed by atoms with E-state index in [0.29, 0.717) is 54.7 Å². The summed E-state index contributed by atoms with van der Waals surface area (Å²) in [6.45, 7) is 5.33. The zero-order valence-corrected chi connectivity index (χ0v) is 31.9. The number of piperazine rings is 1. The Morgan fingerprint density at radius 2 is 1.59 bits per heavy atom. The van der Waals surface area contributed by atoms with Crippen LogP contribution in [0.3, 0.4) is 0 Å². The highest BCUT2D eigenvalue weighted by atomic mass is 35.5. The third-order valence-electron chi connectivity index (χ3n) is 12.5. The monoisotopic (exact) mass is 768 g/mol. The molecule has 1 heterocycles. The topological polar surface area (TPSA) is 70.1 Å². The van der Waals surface area contributed by atoms with Gasteiger partial charge in [-0.15, -0.1) is 12.4 Å². The Bertz CT molecular complexity index is 1310. The van der Waals surface area contributed by atoms with Gasteiger partial charge in [0, 0.05) is 54.9 Å². The summed E-state index contributed by atoms with van der Waals surface area (Å²) in [5.41, 5.74) is 2.68. The van der Waals surface area contributed by atoms with Crippen LogP contribution in [-0.4, -0.2) is 88.1 Å². The van der Waals surface area contributed by atoms with Crippen molar-refractivity contribution in [1.29, 1.82) is 0 Å². The molecular formula is C38H58ClF5N2O4S. The molecule has 0 radical (unpaired) electrons. The number of aliphatic hydroxyl groups excluding tert-OH is 1. The molecule has 3 aliphatic carbocycles. The summed E-state index contributed by atoms with van der Waals surface area (Å²) < 4.78 is 81.0. The van der Waals surface area contributed by atoms with Crippen molar-refractivity contribution >= 4 is 29.3 Å². The lowest BCUT2D eigenvalue weighted by molar-refractivity contribution is -0.284. The number of carbonyl (C=O) groups excluding carboxylic acids is 1. The first kappa shape index (κ1) is 42.2. The molecule has 2 saturated carbocycles. The number of aliphatic hydroxyl groups is 1. The van der Waals surface area contributed by atoms with Gasteiger partial charge in [-0.2, -0.15) is 22.0 Å². The molecule has 1 aromatic carbocycles. The minimum absolute atomic E-state index is 0. The number of nitrogens with zero attached hydrogens (tertiary/aromatic N) is 2. The van der Waals surface area contributed by atoms with Gasteiger partial charge < -0.3 is 19.6 Å². The number of alkyl halides is 5.